The van der Waals surface area contributed by atoms with Crippen LogP contribution in [-0.4, -0.2) is 276 Å². The predicted molar refractivity (Wildman–Crippen MR) is 294 cm³/mol. The Morgan fingerprint density at radius 3 is 1.77 bits per heavy atom. The van der Waals surface area contributed by atoms with E-state index in [9.17, 15) is 76.3 Å². The topological polar surface area (TPSA) is 411 Å². The summed E-state index contributed by atoms with van der Waals surface area (Å²) >= 11 is 0. The Hall–Kier alpha value is -2.05. The molecule has 27 nitrogen and oxygen atoms in total. The van der Waals surface area contributed by atoms with Crippen molar-refractivity contribution >= 4 is 5.97 Å². The van der Waals surface area contributed by atoms with Gasteiger partial charge in [-0.15, -0.1) is 0 Å². The molecule has 0 aromatic rings. The van der Waals surface area contributed by atoms with Crippen molar-refractivity contribution in [2.75, 3.05) is 33.5 Å². The highest BCUT2D eigenvalue weighted by molar-refractivity contribution is 5.84. The van der Waals surface area contributed by atoms with Gasteiger partial charge in [0.15, 0.2) is 31.5 Å². The lowest BCUT2D eigenvalue weighted by Gasteiger charge is -2.64. The summed E-state index contributed by atoms with van der Waals surface area (Å²) in [5, 5.41) is 155. The molecule has 33 atom stereocenters. The summed E-state index contributed by atoms with van der Waals surface area (Å²) in [7, 11) is 1.19. The highest BCUT2D eigenvalue weighted by atomic mass is 16.8. The molecule has 0 radical (unpaired) electrons. The normalized spacial score (nSPS) is 53.1. The molecule has 6 saturated heterocycles. The Bertz CT molecular complexity index is 2450. The first-order valence-corrected chi connectivity index (χ1v) is 30.9. The third-order valence-electron chi connectivity index (χ3n) is 22.2. The number of allylic oxidation sites excluding steroid dienone is 3. The molecule has 6 aliphatic heterocycles. The Balaban J connectivity index is 0.872. The van der Waals surface area contributed by atoms with Crippen molar-refractivity contribution in [3.63, 3.8) is 0 Å². The molecular weight excluding hydrogens is 1150 g/mol. The Kier molecular flexibility index (Phi) is 20.0. The maximum absolute atomic E-state index is 14.5. The van der Waals surface area contributed by atoms with Crippen molar-refractivity contribution in [1.82, 2.24) is 0 Å². The van der Waals surface area contributed by atoms with Crippen molar-refractivity contribution in [2.24, 2.45) is 39.4 Å². The molecule has 1 spiro atoms. The second-order valence-corrected chi connectivity index (χ2v) is 27.7. The lowest BCUT2D eigenvalue weighted by atomic mass is 9.40. The van der Waals surface area contributed by atoms with Crippen LogP contribution >= 0.6 is 0 Å². The van der Waals surface area contributed by atoms with Gasteiger partial charge in [0.1, 0.15) is 121 Å². The number of rotatable bonds is 17. The van der Waals surface area contributed by atoms with Gasteiger partial charge in [-0.25, -0.2) is 0 Å². The van der Waals surface area contributed by atoms with E-state index in [0.29, 0.717) is 19.3 Å². The number of hydrogen-bond donors (Lipinski definition) is 14. The third-order valence-corrected chi connectivity index (χ3v) is 22.2. The second kappa shape index (κ2) is 25.7. The van der Waals surface area contributed by atoms with Gasteiger partial charge in [0.25, 0.3) is 0 Å². The highest BCUT2D eigenvalue weighted by Crippen LogP contribution is 2.76. The van der Waals surface area contributed by atoms with Gasteiger partial charge in [0, 0.05) is 13.0 Å². The molecule has 87 heavy (non-hydrogen) atoms. The van der Waals surface area contributed by atoms with E-state index < -0.39 is 213 Å². The maximum Gasteiger partial charge on any atom is 0.316 e. The molecule has 27 heteroatoms. The molecule has 14 N–H and O–H groups in total. The number of carbonyl (C=O) groups excluding carboxylic acids is 1. The average molecular weight is 1250 g/mol. The fourth-order valence-corrected chi connectivity index (χ4v) is 17.5. The fourth-order valence-electron chi connectivity index (χ4n) is 17.5. The van der Waals surface area contributed by atoms with Crippen LogP contribution in [0.3, 0.4) is 0 Å². The van der Waals surface area contributed by atoms with Crippen molar-refractivity contribution in [1.29, 1.82) is 0 Å². The Morgan fingerprint density at radius 1 is 0.586 bits per heavy atom. The van der Waals surface area contributed by atoms with E-state index >= 15 is 0 Å². The summed E-state index contributed by atoms with van der Waals surface area (Å²) in [6, 6.07) is 0. The van der Waals surface area contributed by atoms with Crippen molar-refractivity contribution in [3.05, 3.63) is 23.3 Å². The largest absolute Gasteiger partial charge is 0.458 e. The number of carbonyl (C=O) groups is 1. The average Bonchev–Trinajstić information content (AvgIpc) is 1.55. The summed E-state index contributed by atoms with van der Waals surface area (Å²) in [4.78, 5) is 14.5. The minimum absolute atomic E-state index is 0.0107. The van der Waals surface area contributed by atoms with Crippen LogP contribution in [0.4, 0.5) is 0 Å². The molecule has 0 bridgehead atoms. The predicted octanol–water partition coefficient (Wildman–Crippen LogP) is -2.59. The zero-order chi connectivity index (χ0) is 63.4. The SMILES string of the molecule is CO[C@@H]1[C@@H](O)[C@H](O[C@@H]2[C@@H](O)[C@H](O[C@H]3[C@H](O)[C@@H](O)[C@H](O[C@H]4[C@H](O[C@H]5CC[C@]6(C)C7=C[C@H](O)[C@]89C(=O)O[C@@](C)(CCC=C(C)C)[C@H]8CC[C@@]9(C)[C@@H]7CC[C@H]6C5(C)C)OC[C@@H](O[C@@H]5O[C@H](CO)[C@@H](O)[C@H](O)[C@H]5O)[C@@H]4O)O[C@@H]3C)O[C@H](CO)[C@H]2O)O[C@H](CO)[C@H]1O. The van der Waals surface area contributed by atoms with E-state index in [4.69, 9.17) is 56.8 Å². The lowest BCUT2D eigenvalue weighted by molar-refractivity contribution is -0.394. The second-order valence-electron chi connectivity index (χ2n) is 27.7. The number of fused-ring (bicyclic) bond motifs is 4. The number of methoxy groups -OCH3 is 1. The van der Waals surface area contributed by atoms with Gasteiger partial charge in [-0.1, -0.05) is 51.0 Å². The minimum atomic E-state index is -2.02. The molecular formula is C60H96O27. The maximum atomic E-state index is 14.5. The zero-order valence-corrected chi connectivity index (χ0v) is 51.0. The van der Waals surface area contributed by atoms with Gasteiger partial charge in [-0.3, -0.25) is 4.79 Å². The quantitative estimate of drug-likeness (QED) is 0.0404. The fraction of sp³-hybridized carbons (Fsp3) is 0.917. The van der Waals surface area contributed by atoms with E-state index in [0.717, 1.165) is 37.7 Å². The summed E-state index contributed by atoms with van der Waals surface area (Å²) in [6.07, 6.45) is -32.0. The Labute approximate surface area is 505 Å². The lowest BCUT2D eigenvalue weighted by Crippen LogP contribution is -2.67. The van der Waals surface area contributed by atoms with Crippen LogP contribution in [-0.2, 0) is 61.6 Å². The molecule has 6 heterocycles. The number of aliphatic hydroxyl groups excluding tert-OH is 14. The zero-order valence-electron chi connectivity index (χ0n) is 51.0. The summed E-state index contributed by atoms with van der Waals surface area (Å²) in [6.45, 7) is 13.4. The van der Waals surface area contributed by atoms with Crippen molar-refractivity contribution in [2.45, 2.75) is 272 Å². The van der Waals surface area contributed by atoms with Crippen LogP contribution < -0.4 is 0 Å². The summed E-state index contributed by atoms with van der Waals surface area (Å²) < 4.78 is 72.4. The molecule has 0 amide bonds. The summed E-state index contributed by atoms with van der Waals surface area (Å²) in [5.41, 5.74) is -1.19. The Morgan fingerprint density at radius 2 is 1.15 bits per heavy atom. The molecule has 10 rings (SSSR count). The first-order chi connectivity index (χ1) is 41.0. The van der Waals surface area contributed by atoms with E-state index in [-0.39, 0.29) is 23.7 Å². The number of hydrogen-bond acceptors (Lipinski definition) is 27. The number of aliphatic hydroxyl groups is 14. The highest BCUT2D eigenvalue weighted by Gasteiger charge is 2.79. The number of cyclic esters (lactones) is 1. The van der Waals surface area contributed by atoms with E-state index in [1.807, 2.05) is 26.8 Å². The van der Waals surface area contributed by atoms with Crippen molar-refractivity contribution < 1.29 is 133 Å². The number of ether oxygens (including phenoxy) is 12. The van der Waals surface area contributed by atoms with Crippen LogP contribution in [0.1, 0.15) is 107 Å². The van der Waals surface area contributed by atoms with Crippen LogP contribution in [0.2, 0.25) is 0 Å². The van der Waals surface area contributed by atoms with Crippen LogP contribution in [0.5, 0.6) is 0 Å². The van der Waals surface area contributed by atoms with Gasteiger partial charge in [-0.2, -0.15) is 0 Å². The molecule has 10 aliphatic rings. The van der Waals surface area contributed by atoms with Crippen LogP contribution in [0.15, 0.2) is 23.3 Å². The molecule has 498 valence electrons. The van der Waals surface area contributed by atoms with Gasteiger partial charge in [-0.05, 0) is 107 Å². The molecule has 9 fully saturated rings. The first-order valence-electron chi connectivity index (χ1n) is 30.9. The molecule has 0 aromatic carbocycles. The first kappa shape index (κ1) is 67.8. The minimum Gasteiger partial charge on any atom is -0.458 e. The molecule has 4 aliphatic carbocycles. The third kappa shape index (κ3) is 11.3. The molecule has 0 unspecified atom stereocenters. The van der Waals surface area contributed by atoms with Gasteiger partial charge < -0.3 is 128 Å². The summed E-state index contributed by atoms with van der Waals surface area (Å²) in [5.74, 6) is -0.543. The molecule has 3 saturated carbocycles. The van der Waals surface area contributed by atoms with Crippen molar-refractivity contribution in [3.8, 4) is 0 Å². The van der Waals surface area contributed by atoms with E-state index in [1.54, 1.807) is 0 Å². The van der Waals surface area contributed by atoms with E-state index in [1.165, 1.54) is 19.6 Å². The standard InChI is InChI=1S/C60H96O27/c1-24(2)11-10-16-59(8)33-14-18-58(7)26-12-13-32-56(4,5)35(15-17-57(32,6)27(26)19-34(64)60(33,58)55(75)87-59)83-54-49(39(68)31(23-77-54)82-51-42(71)40(69)36(65)28(20-61)79-51)86-50-43(72)41(70)46(25(3)78-50)84-53-45(74)48(38(67)30(22-63)81-53)85-52-44(73)47(76-9)37(66)29(21-62)80-52/h11,19,25-26,28-54,61-74H,10,12-18,20-23H2,1-9H3/t25-,26-,28-,29-,30-,31-,32+,33-,34+,35+,36-,37-,38-,39+,40+,41-,42-,43-,44-,45-,46-,47+,48+,49-,50+,51+,52+,53+,54+,57-,58+,59+,60+/m1/s1. The van der Waals surface area contributed by atoms with Gasteiger partial charge in [0.05, 0.1) is 44.7 Å². The smallest absolute Gasteiger partial charge is 0.316 e. The van der Waals surface area contributed by atoms with Crippen LogP contribution in [0, 0.1) is 39.4 Å². The van der Waals surface area contributed by atoms with E-state index in [2.05, 4.69) is 33.8 Å². The van der Waals surface area contributed by atoms with Crippen LogP contribution in [0.25, 0.3) is 0 Å². The van der Waals surface area contributed by atoms with Gasteiger partial charge >= 0.3 is 5.97 Å². The monoisotopic (exact) mass is 1250 g/mol. The number of esters is 1. The molecule has 0 aromatic heterocycles. The van der Waals surface area contributed by atoms with Gasteiger partial charge in [0.2, 0.25) is 0 Å².